The Kier molecular flexibility index (Phi) is 7.30. The fourth-order valence-corrected chi connectivity index (χ4v) is 3.96. The Morgan fingerprint density at radius 1 is 1.12 bits per heavy atom. The van der Waals surface area contributed by atoms with Gasteiger partial charge >= 0.3 is 0 Å². The van der Waals surface area contributed by atoms with Gasteiger partial charge in [-0.05, 0) is 62.0 Å². The number of benzene rings is 2. The zero-order valence-electron chi connectivity index (χ0n) is 18.9. The summed E-state index contributed by atoms with van der Waals surface area (Å²) in [5.41, 5.74) is 6.20. The van der Waals surface area contributed by atoms with Crippen molar-refractivity contribution in [2.24, 2.45) is 0 Å². The molecule has 34 heavy (non-hydrogen) atoms. The van der Waals surface area contributed by atoms with Crippen LogP contribution in [-0.4, -0.2) is 28.3 Å². The average molecular weight is 475 g/mol. The van der Waals surface area contributed by atoms with Crippen molar-refractivity contribution in [3.63, 3.8) is 0 Å². The molecule has 7 heteroatoms. The molecule has 5 nitrogen and oxygen atoms in total. The number of aryl methyl sites for hydroxylation is 1. The van der Waals surface area contributed by atoms with Gasteiger partial charge in [0.15, 0.2) is 0 Å². The van der Waals surface area contributed by atoms with Crippen molar-refractivity contribution in [1.29, 1.82) is 0 Å². The van der Waals surface area contributed by atoms with E-state index in [9.17, 15) is 9.18 Å². The third kappa shape index (κ3) is 5.47. The second kappa shape index (κ2) is 10.5. The molecule has 5 rings (SSSR count). The maximum Gasteiger partial charge on any atom is 0.150 e. The van der Waals surface area contributed by atoms with E-state index in [0.717, 1.165) is 39.3 Å². The van der Waals surface area contributed by atoms with Crippen LogP contribution in [0.15, 0.2) is 67.1 Å². The Morgan fingerprint density at radius 2 is 1.97 bits per heavy atom. The molecule has 0 radical (unpaired) electrons. The van der Waals surface area contributed by atoms with Crippen molar-refractivity contribution in [3.8, 4) is 0 Å². The summed E-state index contributed by atoms with van der Waals surface area (Å²) in [4.78, 5) is 22.4. The summed E-state index contributed by atoms with van der Waals surface area (Å²) in [6.07, 6.45) is 6.71. The minimum atomic E-state index is -0.217. The van der Waals surface area contributed by atoms with Crippen LogP contribution in [0.25, 0.3) is 21.8 Å². The van der Waals surface area contributed by atoms with E-state index in [0.29, 0.717) is 29.1 Å². The molecule has 3 aromatic heterocycles. The predicted octanol–water partition coefficient (Wildman–Crippen LogP) is 6.02. The Hall–Kier alpha value is -3.61. The largest absolute Gasteiger partial charge is 0.360 e. The lowest BCUT2D eigenvalue weighted by Crippen LogP contribution is -2.06. The Morgan fingerprint density at radius 3 is 2.76 bits per heavy atom. The van der Waals surface area contributed by atoms with Gasteiger partial charge in [0.25, 0.3) is 0 Å². The summed E-state index contributed by atoms with van der Waals surface area (Å²) in [7, 11) is 1.78. The van der Waals surface area contributed by atoms with Gasteiger partial charge in [-0.2, -0.15) is 0 Å². The van der Waals surface area contributed by atoms with Crippen LogP contribution in [0.5, 0.6) is 0 Å². The maximum absolute atomic E-state index is 13.4. The van der Waals surface area contributed by atoms with E-state index in [2.05, 4.69) is 45.4 Å². The van der Waals surface area contributed by atoms with Crippen LogP contribution < -0.4 is 5.32 Å². The van der Waals surface area contributed by atoms with Crippen molar-refractivity contribution < 1.29 is 9.18 Å². The molecule has 0 bridgehead atoms. The summed E-state index contributed by atoms with van der Waals surface area (Å²) in [5, 5.41) is 5.52. The fourth-order valence-electron chi connectivity index (χ4n) is 3.75. The van der Waals surface area contributed by atoms with E-state index in [1.807, 2.05) is 18.3 Å². The van der Waals surface area contributed by atoms with Crippen molar-refractivity contribution in [3.05, 3.63) is 106 Å². The van der Waals surface area contributed by atoms with Crippen molar-refractivity contribution in [2.45, 2.75) is 19.9 Å². The summed E-state index contributed by atoms with van der Waals surface area (Å²) in [5.74, 6) is -0.217. The number of pyridine rings is 2. The van der Waals surface area contributed by atoms with E-state index in [1.54, 1.807) is 31.6 Å². The first kappa shape index (κ1) is 23.5. The number of carbonyl (C=O) groups is 1. The maximum atomic E-state index is 13.4. The highest BCUT2D eigenvalue weighted by atomic mass is 35.5. The van der Waals surface area contributed by atoms with Crippen LogP contribution >= 0.6 is 11.6 Å². The smallest absolute Gasteiger partial charge is 0.150 e. The van der Waals surface area contributed by atoms with Crippen molar-refractivity contribution >= 4 is 39.7 Å². The van der Waals surface area contributed by atoms with Gasteiger partial charge in [-0.25, -0.2) is 4.39 Å². The molecule has 0 saturated carbocycles. The third-order valence-corrected chi connectivity index (χ3v) is 5.73. The summed E-state index contributed by atoms with van der Waals surface area (Å²) >= 11 is 5.92. The number of halogens is 2. The molecule has 3 heterocycles. The molecule has 2 N–H and O–H groups in total. The number of rotatable bonds is 5. The molecule has 0 amide bonds. The summed E-state index contributed by atoms with van der Waals surface area (Å²) in [6, 6.07) is 15.1. The number of hydrogen-bond donors (Lipinski definition) is 2. The molecule has 0 spiro atoms. The monoisotopic (exact) mass is 474 g/mol. The lowest BCUT2D eigenvalue weighted by Gasteiger charge is -2.04. The quantitative estimate of drug-likeness (QED) is 0.305. The SMILES string of the molecule is CNCc1cc2c(Cl)c[nH]c2cc1F.Cc1ccc2ncc(Cc3cc(C=O)ccn3)cc2c1. The van der Waals surface area contributed by atoms with Gasteiger partial charge in [0.1, 0.15) is 12.1 Å². The molecule has 172 valence electrons. The number of nitrogens with zero attached hydrogens (tertiary/aromatic N) is 2. The normalized spacial score (nSPS) is 10.8. The molecular weight excluding hydrogens is 451 g/mol. The Labute approximate surface area is 202 Å². The molecule has 0 aliphatic rings. The van der Waals surface area contributed by atoms with Crippen LogP contribution in [0.4, 0.5) is 4.39 Å². The summed E-state index contributed by atoms with van der Waals surface area (Å²) in [6.45, 7) is 2.57. The molecule has 0 saturated heterocycles. The number of aromatic amines is 1. The van der Waals surface area contributed by atoms with Crippen molar-refractivity contribution in [1.82, 2.24) is 20.3 Å². The number of hydrogen-bond acceptors (Lipinski definition) is 4. The van der Waals surface area contributed by atoms with Gasteiger partial charge in [0, 0.05) is 64.7 Å². The average Bonchev–Trinajstić information content (AvgIpc) is 3.19. The first-order chi connectivity index (χ1) is 16.5. The fraction of sp³-hybridized carbons (Fsp3) is 0.148. The standard InChI is InChI=1S/C17H14N2O.C10H10ClFN2/c1-12-2-3-17-15(6-12)7-14(10-19-17)9-16-8-13(11-20)4-5-18-16;1-13-4-6-2-7-8(11)5-14-10(7)3-9(6)12/h2-8,10-11H,9H2,1H3;2-3,5,13-14H,4H2,1H3. The minimum absolute atomic E-state index is 0.217. The second-order valence-corrected chi connectivity index (χ2v) is 8.48. The first-order valence-corrected chi connectivity index (χ1v) is 11.2. The van der Waals surface area contributed by atoms with Gasteiger partial charge in [0.2, 0.25) is 0 Å². The van der Waals surface area contributed by atoms with E-state index >= 15 is 0 Å². The number of fused-ring (bicyclic) bond motifs is 2. The predicted molar refractivity (Wildman–Crippen MR) is 135 cm³/mol. The van der Waals surface area contributed by atoms with Crippen LogP contribution in [-0.2, 0) is 13.0 Å². The molecule has 0 unspecified atom stereocenters. The zero-order valence-corrected chi connectivity index (χ0v) is 19.7. The van der Waals surface area contributed by atoms with Gasteiger partial charge < -0.3 is 10.3 Å². The number of nitrogens with one attached hydrogen (secondary N) is 2. The van der Waals surface area contributed by atoms with Crippen LogP contribution in [0.3, 0.4) is 0 Å². The molecule has 0 fully saturated rings. The Bertz CT molecular complexity index is 1460. The van der Waals surface area contributed by atoms with Gasteiger partial charge in [-0.1, -0.05) is 23.2 Å². The highest BCUT2D eigenvalue weighted by molar-refractivity contribution is 6.35. The molecule has 0 aliphatic heterocycles. The van der Waals surface area contributed by atoms with Gasteiger partial charge in [-0.15, -0.1) is 0 Å². The third-order valence-electron chi connectivity index (χ3n) is 5.42. The topological polar surface area (TPSA) is 70.7 Å². The molecule has 0 atom stereocenters. The van der Waals surface area contributed by atoms with Crippen LogP contribution in [0, 0.1) is 12.7 Å². The van der Waals surface area contributed by atoms with Gasteiger partial charge in [-0.3, -0.25) is 14.8 Å². The van der Waals surface area contributed by atoms with Crippen LogP contribution in [0.1, 0.15) is 32.7 Å². The van der Waals surface area contributed by atoms with Crippen LogP contribution in [0.2, 0.25) is 5.02 Å². The molecular formula is C27H24ClFN4O. The number of carbonyl (C=O) groups excluding carboxylic acids is 1. The molecule has 0 aliphatic carbocycles. The number of aldehydes is 1. The molecule has 2 aromatic carbocycles. The second-order valence-electron chi connectivity index (χ2n) is 8.07. The zero-order chi connectivity index (χ0) is 24.1. The van der Waals surface area contributed by atoms with E-state index in [-0.39, 0.29) is 5.82 Å². The summed E-state index contributed by atoms with van der Waals surface area (Å²) < 4.78 is 13.4. The molecule has 5 aromatic rings. The van der Waals surface area contributed by atoms with E-state index < -0.39 is 0 Å². The minimum Gasteiger partial charge on any atom is -0.360 e. The Balaban J connectivity index is 0.000000172. The lowest BCUT2D eigenvalue weighted by atomic mass is 10.1. The number of aromatic nitrogens is 3. The number of H-pyrrole nitrogens is 1. The van der Waals surface area contributed by atoms with E-state index in [1.165, 1.54) is 11.6 Å². The van der Waals surface area contributed by atoms with Gasteiger partial charge in [0.05, 0.1) is 10.5 Å². The first-order valence-electron chi connectivity index (χ1n) is 10.8. The van der Waals surface area contributed by atoms with Crippen molar-refractivity contribution in [2.75, 3.05) is 7.05 Å². The highest BCUT2D eigenvalue weighted by Gasteiger charge is 2.07. The highest BCUT2D eigenvalue weighted by Crippen LogP contribution is 2.25. The lowest BCUT2D eigenvalue weighted by molar-refractivity contribution is 0.112. The van der Waals surface area contributed by atoms with E-state index in [4.69, 9.17) is 11.6 Å².